The molecule has 0 bridgehead atoms. The molecule has 0 aliphatic rings. The number of fused-ring (bicyclic) bond motifs is 7. The van der Waals surface area contributed by atoms with E-state index in [2.05, 4.69) is 99.6 Å². The minimum Gasteiger partial charge on any atom is -0.261 e. The summed E-state index contributed by atoms with van der Waals surface area (Å²) in [5, 5.41) is 10.4. The summed E-state index contributed by atoms with van der Waals surface area (Å²) in [5.74, 6) is 0. The van der Waals surface area contributed by atoms with Crippen molar-refractivity contribution in [2.24, 2.45) is 4.99 Å². The standard InChI is InChI=1S/C30H27N/c1-4-9-30(31-19-20(2)3)23-14-15-26-27(18-23)24-12-7-8-13-25(24)28-16-21-10-5-6-11-22(21)17-29(26)28/h5-8,10-19H,4,9H2,1-3H3. The van der Waals surface area contributed by atoms with Gasteiger partial charge in [0.2, 0.25) is 0 Å². The first-order chi connectivity index (χ1) is 15.2. The van der Waals surface area contributed by atoms with E-state index >= 15 is 0 Å². The van der Waals surface area contributed by atoms with Crippen molar-refractivity contribution in [3.8, 4) is 0 Å². The number of hydrogen-bond acceptors (Lipinski definition) is 1. The summed E-state index contributed by atoms with van der Waals surface area (Å²) < 4.78 is 0. The average molecular weight is 402 g/mol. The van der Waals surface area contributed by atoms with Crippen LogP contribution >= 0.6 is 0 Å². The average Bonchev–Trinajstić information content (AvgIpc) is 2.80. The second kappa shape index (κ2) is 8.00. The molecule has 1 heteroatoms. The third-order valence-electron chi connectivity index (χ3n) is 6.00. The molecule has 5 aromatic carbocycles. The van der Waals surface area contributed by atoms with Crippen molar-refractivity contribution in [1.29, 1.82) is 0 Å². The lowest BCUT2D eigenvalue weighted by atomic mass is 9.90. The Kier molecular flexibility index (Phi) is 5.03. The van der Waals surface area contributed by atoms with E-state index in [1.54, 1.807) is 0 Å². The zero-order valence-corrected chi connectivity index (χ0v) is 18.4. The van der Waals surface area contributed by atoms with Crippen molar-refractivity contribution in [1.82, 2.24) is 0 Å². The molecule has 0 aromatic heterocycles. The van der Waals surface area contributed by atoms with Gasteiger partial charge in [0.1, 0.15) is 0 Å². The lowest BCUT2D eigenvalue weighted by molar-refractivity contribution is 0.991. The van der Waals surface area contributed by atoms with Crippen molar-refractivity contribution in [3.63, 3.8) is 0 Å². The van der Waals surface area contributed by atoms with Gasteiger partial charge in [-0.15, -0.1) is 0 Å². The molecule has 0 aliphatic heterocycles. The predicted molar refractivity (Wildman–Crippen MR) is 137 cm³/mol. The van der Waals surface area contributed by atoms with Crippen molar-refractivity contribution >= 4 is 48.8 Å². The summed E-state index contributed by atoms with van der Waals surface area (Å²) in [7, 11) is 0. The Bertz CT molecular complexity index is 1500. The molecule has 0 atom stereocenters. The van der Waals surface area contributed by atoms with Crippen molar-refractivity contribution in [3.05, 3.63) is 96.2 Å². The van der Waals surface area contributed by atoms with Crippen LogP contribution in [0.25, 0.3) is 43.1 Å². The maximum Gasteiger partial charge on any atom is 0.0475 e. The summed E-state index contributed by atoms with van der Waals surface area (Å²) in [6.07, 6.45) is 4.04. The number of benzene rings is 5. The fourth-order valence-electron chi connectivity index (χ4n) is 4.55. The number of aliphatic imine (C=N–C) groups is 1. The summed E-state index contributed by atoms with van der Waals surface area (Å²) >= 11 is 0. The van der Waals surface area contributed by atoms with Gasteiger partial charge < -0.3 is 0 Å². The predicted octanol–water partition coefficient (Wildman–Crippen LogP) is 8.81. The van der Waals surface area contributed by atoms with E-state index in [0.29, 0.717) is 0 Å². The SMILES string of the molecule is CCCC(=NC=C(C)C)c1ccc2c(c1)c1ccccc1c1cc3ccccc3cc21. The highest BCUT2D eigenvalue weighted by molar-refractivity contribution is 6.27. The van der Waals surface area contributed by atoms with E-state index in [9.17, 15) is 0 Å². The van der Waals surface area contributed by atoms with Gasteiger partial charge in [0.05, 0.1) is 0 Å². The number of nitrogens with zero attached hydrogens (tertiary/aromatic N) is 1. The number of rotatable bonds is 4. The molecule has 0 N–H and O–H groups in total. The first-order valence-electron chi connectivity index (χ1n) is 11.1. The van der Waals surface area contributed by atoms with Crippen LogP contribution in [0.15, 0.2) is 95.6 Å². The second-order valence-corrected chi connectivity index (χ2v) is 8.58. The van der Waals surface area contributed by atoms with Gasteiger partial charge in [0.25, 0.3) is 0 Å². The Balaban J connectivity index is 1.87. The quantitative estimate of drug-likeness (QED) is 0.162. The minimum atomic E-state index is 0.978. The summed E-state index contributed by atoms with van der Waals surface area (Å²) in [4.78, 5) is 4.83. The molecule has 0 fully saturated rings. The van der Waals surface area contributed by atoms with E-state index in [-0.39, 0.29) is 0 Å². The molecule has 0 heterocycles. The van der Waals surface area contributed by atoms with Crippen LogP contribution in [-0.2, 0) is 0 Å². The highest BCUT2D eigenvalue weighted by Gasteiger charge is 2.12. The lowest BCUT2D eigenvalue weighted by Gasteiger charge is -2.14. The Hall–Kier alpha value is -3.45. The lowest BCUT2D eigenvalue weighted by Crippen LogP contribution is -2.00. The fraction of sp³-hybridized carbons (Fsp3) is 0.167. The van der Waals surface area contributed by atoms with E-state index < -0.39 is 0 Å². The Labute approximate surface area is 183 Å². The monoisotopic (exact) mass is 401 g/mol. The van der Waals surface area contributed by atoms with E-state index in [0.717, 1.165) is 18.6 Å². The topological polar surface area (TPSA) is 12.4 Å². The Morgan fingerprint density at radius 1 is 0.677 bits per heavy atom. The molecule has 1 nitrogen and oxygen atoms in total. The molecule has 31 heavy (non-hydrogen) atoms. The van der Waals surface area contributed by atoms with E-state index in [1.807, 2.05) is 6.20 Å². The van der Waals surface area contributed by atoms with E-state index in [4.69, 9.17) is 4.99 Å². The third-order valence-corrected chi connectivity index (χ3v) is 6.00. The molecule has 0 aliphatic carbocycles. The summed E-state index contributed by atoms with van der Waals surface area (Å²) in [6.45, 7) is 6.40. The Morgan fingerprint density at radius 3 is 1.81 bits per heavy atom. The number of allylic oxidation sites excluding steroid dienone is 1. The molecule has 152 valence electrons. The van der Waals surface area contributed by atoms with Gasteiger partial charge >= 0.3 is 0 Å². The molecule has 0 saturated heterocycles. The van der Waals surface area contributed by atoms with Crippen LogP contribution in [0.2, 0.25) is 0 Å². The third kappa shape index (κ3) is 3.51. The maximum absolute atomic E-state index is 4.83. The smallest absolute Gasteiger partial charge is 0.0475 e. The largest absolute Gasteiger partial charge is 0.261 e. The van der Waals surface area contributed by atoms with Crippen molar-refractivity contribution in [2.75, 3.05) is 0 Å². The van der Waals surface area contributed by atoms with E-state index in [1.165, 1.54) is 54.2 Å². The van der Waals surface area contributed by atoms with Gasteiger partial charge in [0, 0.05) is 11.9 Å². The fourth-order valence-corrected chi connectivity index (χ4v) is 4.55. The molecule has 5 rings (SSSR count). The second-order valence-electron chi connectivity index (χ2n) is 8.58. The molecule has 0 saturated carbocycles. The normalized spacial score (nSPS) is 12.2. The number of hydrogen-bond donors (Lipinski definition) is 0. The molecule has 0 radical (unpaired) electrons. The molecular formula is C30H27N. The van der Waals surface area contributed by atoms with Crippen LogP contribution < -0.4 is 0 Å². The first kappa shape index (κ1) is 19.5. The van der Waals surface area contributed by atoms with Crippen LogP contribution in [0, 0.1) is 0 Å². The van der Waals surface area contributed by atoms with Crippen LogP contribution in [0.3, 0.4) is 0 Å². The van der Waals surface area contributed by atoms with Gasteiger partial charge in [-0.1, -0.05) is 79.6 Å². The van der Waals surface area contributed by atoms with Gasteiger partial charge in [0.15, 0.2) is 0 Å². The van der Waals surface area contributed by atoms with Gasteiger partial charge in [-0.25, -0.2) is 0 Å². The van der Waals surface area contributed by atoms with Crippen LogP contribution in [0.5, 0.6) is 0 Å². The highest BCUT2D eigenvalue weighted by Crippen LogP contribution is 2.37. The van der Waals surface area contributed by atoms with Gasteiger partial charge in [-0.3, -0.25) is 4.99 Å². The van der Waals surface area contributed by atoms with Crippen LogP contribution in [-0.4, -0.2) is 5.71 Å². The van der Waals surface area contributed by atoms with Crippen molar-refractivity contribution < 1.29 is 0 Å². The van der Waals surface area contributed by atoms with Crippen molar-refractivity contribution in [2.45, 2.75) is 33.6 Å². The zero-order chi connectivity index (χ0) is 21.4. The van der Waals surface area contributed by atoms with Crippen LogP contribution in [0.4, 0.5) is 0 Å². The minimum absolute atomic E-state index is 0.978. The molecular weight excluding hydrogens is 374 g/mol. The van der Waals surface area contributed by atoms with Gasteiger partial charge in [-0.2, -0.15) is 0 Å². The van der Waals surface area contributed by atoms with Crippen LogP contribution in [0.1, 0.15) is 39.2 Å². The molecule has 0 amide bonds. The highest BCUT2D eigenvalue weighted by atomic mass is 14.7. The van der Waals surface area contributed by atoms with Gasteiger partial charge in [-0.05, 0) is 87.1 Å². The molecule has 5 aromatic rings. The first-order valence-corrected chi connectivity index (χ1v) is 11.1. The summed E-state index contributed by atoms with van der Waals surface area (Å²) in [5.41, 5.74) is 3.60. The molecule has 0 spiro atoms. The maximum atomic E-state index is 4.83. The molecule has 0 unspecified atom stereocenters. The Morgan fingerprint density at radius 2 is 1.23 bits per heavy atom. The summed E-state index contributed by atoms with van der Waals surface area (Å²) in [6, 6.07) is 29.0. The zero-order valence-electron chi connectivity index (χ0n) is 18.4.